The van der Waals surface area contributed by atoms with Crippen molar-refractivity contribution in [3.8, 4) is 0 Å². The number of aromatic carboxylic acids is 1. The first-order valence-electron chi connectivity index (χ1n) is 8.17. The number of benzene rings is 2. The molecule has 120 valence electrons. The van der Waals surface area contributed by atoms with Crippen molar-refractivity contribution < 1.29 is 9.90 Å². The molecule has 0 spiro atoms. The summed E-state index contributed by atoms with van der Waals surface area (Å²) in [5, 5.41) is 8.98. The smallest absolute Gasteiger partial charge is 0.335 e. The first kappa shape index (κ1) is 15.8. The summed E-state index contributed by atoms with van der Waals surface area (Å²) in [6, 6.07) is 18.0. The van der Waals surface area contributed by atoms with E-state index in [1.807, 2.05) is 12.1 Å². The average molecular weight is 309 g/mol. The molecule has 2 aromatic rings. The molecule has 1 fully saturated rings. The Kier molecular flexibility index (Phi) is 4.49. The van der Waals surface area contributed by atoms with E-state index in [1.54, 1.807) is 12.1 Å². The van der Waals surface area contributed by atoms with Crippen molar-refractivity contribution in [2.75, 3.05) is 13.1 Å². The molecule has 0 radical (unpaired) electrons. The van der Waals surface area contributed by atoms with Gasteiger partial charge in [-0.3, -0.25) is 4.90 Å². The van der Waals surface area contributed by atoms with Crippen molar-refractivity contribution in [2.45, 2.75) is 31.7 Å². The fourth-order valence-corrected chi connectivity index (χ4v) is 3.57. The number of hydrogen-bond donors (Lipinski definition) is 1. The van der Waals surface area contributed by atoms with Gasteiger partial charge in [0, 0.05) is 18.5 Å². The highest BCUT2D eigenvalue weighted by Crippen LogP contribution is 2.34. The lowest BCUT2D eigenvalue weighted by molar-refractivity contribution is 0.0697. The van der Waals surface area contributed by atoms with Crippen LogP contribution in [0.3, 0.4) is 0 Å². The van der Waals surface area contributed by atoms with E-state index in [2.05, 4.69) is 42.2 Å². The topological polar surface area (TPSA) is 40.5 Å². The summed E-state index contributed by atoms with van der Waals surface area (Å²) >= 11 is 0. The molecule has 1 unspecified atom stereocenters. The van der Waals surface area contributed by atoms with Gasteiger partial charge in [-0.25, -0.2) is 4.79 Å². The molecule has 1 N–H and O–H groups in total. The van der Waals surface area contributed by atoms with Gasteiger partial charge in [0.2, 0.25) is 0 Å². The molecule has 1 atom stereocenters. The molecule has 23 heavy (non-hydrogen) atoms. The van der Waals surface area contributed by atoms with Gasteiger partial charge in [0.1, 0.15) is 0 Å². The van der Waals surface area contributed by atoms with Crippen LogP contribution in [-0.4, -0.2) is 29.1 Å². The Morgan fingerprint density at radius 3 is 2.48 bits per heavy atom. The summed E-state index contributed by atoms with van der Waals surface area (Å²) in [5.41, 5.74) is 3.13. The molecular weight excluding hydrogens is 286 g/mol. The number of piperidine rings is 1. The summed E-state index contributed by atoms with van der Waals surface area (Å²) in [4.78, 5) is 13.4. The molecule has 0 aliphatic carbocycles. The van der Waals surface area contributed by atoms with Gasteiger partial charge in [0.25, 0.3) is 0 Å². The number of carbonyl (C=O) groups is 1. The maximum Gasteiger partial charge on any atom is 0.335 e. The highest BCUT2D eigenvalue weighted by Gasteiger charge is 2.32. The zero-order valence-corrected chi connectivity index (χ0v) is 13.5. The van der Waals surface area contributed by atoms with Crippen molar-refractivity contribution in [3.63, 3.8) is 0 Å². The Labute approximate surface area is 137 Å². The maximum absolute atomic E-state index is 10.9. The highest BCUT2D eigenvalue weighted by molar-refractivity contribution is 5.87. The molecular formula is C20H23NO2. The van der Waals surface area contributed by atoms with Gasteiger partial charge in [0.05, 0.1) is 5.56 Å². The normalized spacial score (nSPS) is 22.0. The van der Waals surface area contributed by atoms with Crippen LogP contribution >= 0.6 is 0 Å². The van der Waals surface area contributed by atoms with Crippen LogP contribution in [0.4, 0.5) is 0 Å². The van der Waals surface area contributed by atoms with Crippen LogP contribution in [0.25, 0.3) is 0 Å². The lowest BCUT2D eigenvalue weighted by Crippen LogP contribution is -2.43. The van der Waals surface area contributed by atoms with E-state index in [0.29, 0.717) is 5.56 Å². The number of carboxylic acid groups (broad SMARTS) is 1. The van der Waals surface area contributed by atoms with Crippen LogP contribution < -0.4 is 0 Å². The average Bonchev–Trinajstić information content (AvgIpc) is 2.56. The van der Waals surface area contributed by atoms with Crippen LogP contribution in [0.15, 0.2) is 54.6 Å². The fourth-order valence-electron chi connectivity index (χ4n) is 3.57. The van der Waals surface area contributed by atoms with Gasteiger partial charge in [-0.05, 0) is 42.6 Å². The third kappa shape index (κ3) is 3.62. The van der Waals surface area contributed by atoms with E-state index in [0.717, 1.165) is 19.6 Å². The third-order valence-electron chi connectivity index (χ3n) is 4.85. The fraction of sp³-hybridized carbons (Fsp3) is 0.350. The highest BCUT2D eigenvalue weighted by atomic mass is 16.4. The molecule has 0 saturated carbocycles. The van der Waals surface area contributed by atoms with Gasteiger partial charge >= 0.3 is 5.97 Å². The van der Waals surface area contributed by atoms with Crippen LogP contribution in [-0.2, 0) is 12.0 Å². The molecule has 1 saturated heterocycles. The van der Waals surface area contributed by atoms with Crippen molar-refractivity contribution in [1.29, 1.82) is 0 Å². The van der Waals surface area contributed by atoms with Gasteiger partial charge in [0.15, 0.2) is 0 Å². The summed E-state index contributed by atoms with van der Waals surface area (Å²) in [5.74, 6) is -0.869. The lowest BCUT2D eigenvalue weighted by atomic mass is 9.76. The Balaban J connectivity index is 1.70. The molecule has 0 bridgehead atoms. The number of hydrogen-bond acceptors (Lipinski definition) is 2. The van der Waals surface area contributed by atoms with Crippen molar-refractivity contribution in [2.24, 2.45) is 0 Å². The molecule has 1 aliphatic rings. The lowest BCUT2D eigenvalue weighted by Gasteiger charge is -2.41. The largest absolute Gasteiger partial charge is 0.478 e. The van der Waals surface area contributed by atoms with Crippen molar-refractivity contribution in [3.05, 3.63) is 71.3 Å². The third-order valence-corrected chi connectivity index (χ3v) is 4.85. The van der Waals surface area contributed by atoms with E-state index < -0.39 is 5.97 Å². The number of rotatable bonds is 4. The summed E-state index contributed by atoms with van der Waals surface area (Å²) in [7, 11) is 0. The molecule has 2 aromatic carbocycles. The second kappa shape index (κ2) is 6.55. The standard InChI is InChI=1S/C20H23NO2/c1-20(18-6-3-2-4-7-18)12-5-13-21(15-20)14-16-8-10-17(11-9-16)19(22)23/h2-4,6-11H,5,12-15H2,1H3,(H,22,23). The first-order chi connectivity index (χ1) is 11.1. The van der Waals surface area contributed by atoms with Crippen LogP contribution in [0.1, 0.15) is 41.3 Å². The minimum absolute atomic E-state index is 0.195. The maximum atomic E-state index is 10.9. The molecule has 0 amide bonds. The molecule has 3 heteroatoms. The van der Waals surface area contributed by atoms with Crippen LogP contribution in [0.5, 0.6) is 0 Å². The molecule has 3 nitrogen and oxygen atoms in total. The predicted molar refractivity (Wildman–Crippen MR) is 91.7 cm³/mol. The van der Waals surface area contributed by atoms with Gasteiger partial charge in [-0.1, -0.05) is 49.4 Å². The van der Waals surface area contributed by atoms with Gasteiger partial charge in [-0.15, -0.1) is 0 Å². The number of carboxylic acids is 1. The monoisotopic (exact) mass is 309 g/mol. The second-order valence-corrected chi connectivity index (χ2v) is 6.74. The van der Waals surface area contributed by atoms with E-state index in [9.17, 15) is 4.79 Å². The summed E-state index contributed by atoms with van der Waals surface area (Å²) in [6.45, 7) is 5.37. The molecule has 0 aromatic heterocycles. The van der Waals surface area contributed by atoms with Crippen molar-refractivity contribution in [1.82, 2.24) is 4.90 Å². The quantitative estimate of drug-likeness (QED) is 0.930. The van der Waals surface area contributed by atoms with E-state index in [-0.39, 0.29) is 5.41 Å². The minimum atomic E-state index is -0.869. The Hall–Kier alpha value is -2.13. The predicted octanol–water partition coefficient (Wildman–Crippen LogP) is 3.94. The van der Waals surface area contributed by atoms with Gasteiger partial charge < -0.3 is 5.11 Å². The van der Waals surface area contributed by atoms with Crippen LogP contribution in [0, 0.1) is 0 Å². The Morgan fingerprint density at radius 2 is 1.83 bits per heavy atom. The SMILES string of the molecule is CC1(c2ccccc2)CCCN(Cc2ccc(C(=O)O)cc2)C1. The van der Waals surface area contributed by atoms with E-state index in [1.165, 1.54) is 24.0 Å². The van der Waals surface area contributed by atoms with E-state index >= 15 is 0 Å². The zero-order chi connectivity index (χ0) is 16.3. The van der Waals surface area contributed by atoms with Crippen LogP contribution in [0.2, 0.25) is 0 Å². The van der Waals surface area contributed by atoms with Gasteiger partial charge in [-0.2, -0.15) is 0 Å². The number of likely N-dealkylation sites (tertiary alicyclic amines) is 1. The second-order valence-electron chi connectivity index (χ2n) is 6.74. The Morgan fingerprint density at radius 1 is 1.13 bits per heavy atom. The molecule has 1 aliphatic heterocycles. The number of nitrogens with zero attached hydrogens (tertiary/aromatic N) is 1. The summed E-state index contributed by atoms with van der Waals surface area (Å²) < 4.78 is 0. The Bertz CT molecular complexity index is 666. The zero-order valence-electron chi connectivity index (χ0n) is 13.5. The van der Waals surface area contributed by atoms with E-state index in [4.69, 9.17) is 5.11 Å². The molecule has 3 rings (SSSR count). The van der Waals surface area contributed by atoms with Crippen molar-refractivity contribution >= 4 is 5.97 Å². The summed E-state index contributed by atoms with van der Waals surface area (Å²) in [6.07, 6.45) is 2.41. The molecule has 1 heterocycles. The minimum Gasteiger partial charge on any atom is -0.478 e. The first-order valence-corrected chi connectivity index (χ1v) is 8.17.